The maximum absolute atomic E-state index is 12.0. The minimum absolute atomic E-state index is 0.0359. The third-order valence-electron chi connectivity index (χ3n) is 2.48. The van der Waals surface area contributed by atoms with Crippen molar-refractivity contribution in [1.29, 1.82) is 0 Å². The second-order valence-electron chi connectivity index (χ2n) is 3.74. The van der Waals surface area contributed by atoms with Crippen LogP contribution in [0.2, 0.25) is 0 Å². The third-order valence-corrected chi connectivity index (χ3v) is 3.50. The number of halogens is 3. The Morgan fingerprint density at radius 1 is 1.47 bits per heavy atom. The van der Waals surface area contributed by atoms with Crippen molar-refractivity contribution in [3.8, 4) is 5.75 Å². The van der Waals surface area contributed by atoms with Crippen LogP contribution in [-0.4, -0.2) is 20.3 Å². The standard InChI is InChI=1S/C11H16F3NOS/c1-15-9(4-3-5-11(12,13)14)10-6-8(16-2)7-17-10/h6-7,9,15H,3-5H2,1-2H3. The molecule has 0 aromatic carbocycles. The number of thiophene rings is 1. The van der Waals surface area contributed by atoms with Crippen LogP contribution in [0.4, 0.5) is 13.2 Å². The second kappa shape index (κ2) is 6.26. The molecule has 1 unspecified atom stereocenters. The number of alkyl halides is 3. The molecule has 0 amide bonds. The van der Waals surface area contributed by atoms with Gasteiger partial charge in [-0.15, -0.1) is 11.3 Å². The molecule has 1 heterocycles. The fourth-order valence-electron chi connectivity index (χ4n) is 1.56. The van der Waals surface area contributed by atoms with E-state index in [0.29, 0.717) is 6.42 Å². The second-order valence-corrected chi connectivity index (χ2v) is 4.68. The van der Waals surface area contributed by atoms with Crippen molar-refractivity contribution in [2.45, 2.75) is 31.5 Å². The van der Waals surface area contributed by atoms with E-state index in [1.807, 2.05) is 11.4 Å². The molecule has 0 saturated carbocycles. The van der Waals surface area contributed by atoms with Gasteiger partial charge in [0.25, 0.3) is 0 Å². The topological polar surface area (TPSA) is 21.3 Å². The average Bonchev–Trinajstić information content (AvgIpc) is 2.71. The molecule has 6 heteroatoms. The summed E-state index contributed by atoms with van der Waals surface area (Å²) in [6.45, 7) is 0. The summed E-state index contributed by atoms with van der Waals surface area (Å²) in [7, 11) is 3.33. The first-order valence-corrected chi connectivity index (χ1v) is 6.20. The van der Waals surface area contributed by atoms with E-state index in [2.05, 4.69) is 5.32 Å². The largest absolute Gasteiger partial charge is 0.496 e. The van der Waals surface area contributed by atoms with E-state index in [1.165, 1.54) is 11.3 Å². The maximum Gasteiger partial charge on any atom is 0.389 e. The maximum atomic E-state index is 12.0. The highest BCUT2D eigenvalue weighted by Gasteiger charge is 2.26. The number of rotatable bonds is 6. The van der Waals surface area contributed by atoms with Gasteiger partial charge in [-0.2, -0.15) is 13.2 Å². The fourth-order valence-corrected chi connectivity index (χ4v) is 2.56. The Kier molecular flexibility index (Phi) is 5.27. The van der Waals surface area contributed by atoms with Crippen molar-refractivity contribution in [2.24, 2.45) is 0 Å². The van der Waals surface area contributed by atoms with Gasteiger partial charge >= 0.3 is 6.18 Å². The highest BCUT2D eigenvalue weighted by molar-refractivity contribution is 7.10. The van der Waals surface area contributed by atoms with Crippen LogP contribution in [0.3, 0.4) is 0 Å². The SMILES string of the molecule is CNC(CCCC(F)(F)F)c1cc(OC)cs1. The zero-order valence-corrected chi connectivity index (χ0v) is 10.6. The van der Waals surface area contributed by atoms with Crippen molar-refractivity contribution < 1.29 is 17.9 Å². The minimum atomic E-state index is -4.06. The lowest BCUT2D eigenvalue weighted by Crippen LogP contribution is -2.16. The highest BCUT2D eigenvalue weighted by Crippen LogP contribution is 2.31. The lowest BCUT2D eigenvalue weighted by Gasteiger charge is -2.14. The predicted octanol–water partition coefficient (Wildman–Crippen LogP) is 3.75. The van der Waals surface area contributed by atoms with Crippen molar-refractivity contribution in [2.75, 3.05) is 14.2 Å². The smallest absolute Gasteiger partial charge is 0.389 e. The summed E-state index contributed by atoms with van der Waals surface area (Å²) in [5.74, 6) is 0.751. The van der Waals surface area contributed by atoms with Crippen LogP contribution >= 0.6 is 11.3 Å². The Bertz CT molecular complexity index is 338. The number of methoxy groups -OCH3 is 1. The monoisotopic (exact) mass is 267 g/mol. The van der Waals surface area contributed by atoms with E-state index >= 15 is 0 Å². The molecule has 0 fully saturated rings. The van der Waals surface area contributed by atoms with E-state index in [0.717, 1.165) is 10.6 Å². The van der Waals surface area contributed by atoms with Crippen LogP contribution < -0.4 is 10.1 Å². The van der Waals surface area contributed by atoms with Crippen LogP contribution in [0, 0.1) is 0 Å². The first kappa shape index (κ1) is 14.3. The molecule has 0 radical (unpaired) electrons. The van der Waals surface area contributed by atoms with Gasteiger partial charge in [0.15, 0.2) is 0 Å². The van der Waals surface area contributed by atoms with E-state index < -0.39 is 12.6 Å². The van der Waals surface area contributed by atoms with Gasteiger partial charge in [0.1, 0.15) is 5.75 Å². The van der Waals surface area contributed by atoms with Crippen molar-refractivity contribution in [3.05, 3.63) is 16.3 Å². The molecule has 17 heavy (non-hydrogen) atoms. The van der Waals surface area contributed by atoms with Crippen LogP contribution in [0.1, 0.15) is 30.2 Å². The zero-order chi connectivity index (χ0) is 12.9. The Morgan fingerprint density at radius 3 is 2.65 bits per heavy atom. The molecule has 1 atom stereocenters. The summed E-state index contributed by atoms with van der Waals surface area (Å²) >= 11 is 1.50. The number of ether oxygens (including phenoxy) is 1. The third kappa shape index (κ3) is 4.95. The number of nitrogens with one attached hydrogen (secondary N) is 1. The molecule has 1 N–H and O–H groups in total. The van der Waals surface area contributed by atoms with Gasteiger partial charge in [-0.25, -0.2) is 0 Å². The van der Waals surface area contributed by atoms with E-state index in [9.17, 15) is 13.2 Å². The molecular weight excluding hydrogens is 251 g/mol. The number of hydrogen-bond acceptors (Lipinski definition) is 3. The van der Waals surface area contributed by atoms with Gasteiger partial charge in [0.05, 0.1) is 7.11 Å². The molecule has 1 aromatic rings. The van der Waals surface area contributed by atoms with Crippen LogP contribution in [-0.2, 0) is 0 Å². The van der Waals surface area contributed by atoms with Crippen LogP contribution in [0.5, 0.6) is 5.75 Å². The molecule has 0 aliphatic heterocycles. The Morgan fingerprint density at radius 2 is 2.18 bits per heavy atom. The first-order valence-electron chi connectivity index (χ1n) is 5.32. The van der Waals surface area contributed by atoms with Crippen LogP contribution in [0.15, 0.2) is 11.4 Å². The lowest BCUT2D eigenvalue weighted by molar-refractivity contribution is -0.135. The molecule has 0 saturated heterocycles. The number of hydrogen-bond donors (Lipinski definition) is 1. The predicted molar refractivity (Wildman–Crippen MR) is 62.6 cm³/mol. The Balaban J connectivity index is 2.48. The molecule has 2 nitrogen and oxygen atoms in total. The van der Waals surface area contributed by atoms with Gasteiger partial charge in [0.2, 0.25) is 0 Å². The van der Waals surface area contributed by atoms with Crippen molar-refractivity contribution >= 4 is 11.3 Å². The summed E-state index contributed by atoms with van der Waals surface area (Å²) in [5, 5.41) is 4.88. The molecule has 0 spiro atoms. The summed E-state index contributed by atoms with van der Waals surface area (Å²) < 4.78 is 41.2. The van der Waals surface area contributed by atoms with Gasteiger partial charge in [-0.05, 0) is 26.0 Å². The van der Waals surface area contributed by atoms with Gasteiger partial charge < -0.3 is 10.1 Å². The summed E-state index contributed by atoms with van der Waals surface area (Å²) in [6, 6.07) is 1.82. The first-order chi connectivity index (χ1) is 7.96. The quantitative estimate of drug-likeness (QED) is 0.847. The summed E-state index contributed by atoms with van der Waals surface area (Å²) in [6.07, 6.45) is -4.19. The molecule has 98 valence electrons. The summed E-state index contributed by atoms with van der Waals surface area (Å²) in [4.78, 5) is 1.01. The molecule has 0 aliphatic rings. The van der Waals surface area contributed by atoms with E-state index in [-0.39, 0.29) is 12.5 Å². The Hall–Kier alpha value is -0.750. The van der Waals surface area contributed by atoms with E-state index in [1.54, 1.807) is 14.2 Å². The zero-order valence-electron chi connectivity index (χ0n) is 9.80. The normalized spacial score (nSPS) is 13.7. The van der Waals surface area contributed by atoms with E-state index in [4.69, 9.17) is 4.74 Å². The highest BCUT2D eigenvalue weighted by atomic mass is 32.1. The van der Waals surface area contributed by atoms with Crippen LogP contribution in [0.25, 0.3) is 0 Å². The molecule has 1 aromatic heterocycles. The molecule has 0 bridgehead atoms. The van der Waals surface area contributed by atoms with Crippen molar-refractivity contribution in [3.63, 3.8) is 0 Å². The van der Waals surface area contributed by atoms with Crippen molar-refractivity contribution in [1.82, 2.24) is 5.32 Å². The Labute approximate surface area is 103 Å². The fraction of sp³-hybridized carbons (Fsp3) is 0.636. The average molecular weight is 267 g/mol. The molecule has 1 rings (SSSR count). The molecular formula is C11H16F3NOS. The minimum Gasteiger partial charge on any atom is -0.496 e. The lowest BCUT2D eigenvalue weighted by atomic mass is 10.1. The summed E-state index contributed by atoms with van der Waals surface area (Å²) in [5.41, 5.74) is 0. The molecule has 0 aliphatic carbocycles. The van der Waals surface area contributed by atoms with Gasteiger partial charge in [-0.3, -0.25) is 0 Å². The van der Waals surface area contributed by atoms with Gasteiger partial charge in [-0.1, -0.05) is 0 Å². The van der Waals surface area contributed by atoms with Gasteiger partial charge in [0, 0.05) is 22.7 Å².